The third-order valence-electron chi connectivity index (χ3n) is 2.60. The van der Waals surface area contributed by atoms with Crippen LogP contribution in [0.3, 0.4) is 0 Å². The van der Waals surface area contributed by atoms with Crippen molar-refractivity contribution in [3.8, 4) is 5.75 Å². The lowest BCUT2D eigenvalue weighted by molar-refractivity contribution is 0.0938. The van der Waals surface area contributed by atoms with Gasteiger partial charge in [-0.25, -0.2) is 0 Å². The fourth-order valence-electron chi connectivity index (χ4n) is 1.51. The van der Waals surface area contributed by atoms with Gasteiger partial charge in [-0.05, 0) is 31.0 Å². The highest BCUT2D eigenvalue weighted by Gasteiger charge is 2.10. The van der Waals surface area contributed by atoms with E-state index in [1.54, 1.807) is 12.1 Å². The summed E-state index contributed by atoms with van der Waals surface area (Å²) in [5.74, 6) is -0.285. The molecule has 0 unspecified atom stereocenters. The van der Waals surface area contributed by atoms with Gasteiger partial charge in [-0.15, -0.1) is 0 Å². The van der Waals surface area contributed by atoms with Gasteiger partial charge in [0.05, 0.1) is 5.56 Å². The average Bonchev–Trinajstić information content (AvgIpc) is 2.40. The second-order valence-electron chi connectivity index (χ2n) is 4.24. The summed E-state index contributed by atoms with van der Waals surface area (Å²) < 4.78 is 6.16. The van der Waals surface area contributed by atoms with Crippen LogP contribution in [-0.4, -0.2) is 30.8 Å². The van der Waals surface area contributed by atoms with E-state index in [0.717, 1.165) is 30.3 Å². The second-order valence-corrected chi connectivity index (χ2v) is 5.15. The minimum absolute atomic E-state index is 0.0140. The third kappa shape index (κ3) is 6.07. The van der Waals surface area contributed by atoms with E-state index < -0.39 is 0 Å². The first-order chi connectivity index (χ1) is 9.15. The molecule has 1 aromatic carbocycles. The van der Waals surface area contributed by atoms with E-state index in [2.05, 4.69) is 28.2 Å². The van der Waals surface area contributed by atoms with Crippen LogP contribution in [0.2, 0.25) is 0 Å². The lowest BCUT2D eigenvalue weighted by atomic mass is 10.2. The van der Waals surface area contributed by atoms with Gasteiger partial charge in [-0.1, -0.05) is 29.3 Å². The zero-order chi connectivity index (χ0) is 14.1. The number of phenolic OH excluding ortho intramolecular Hbond substituents is 1. The predicted molar refractivity (Wildman–Crippen MR) is 78.5 cm³/mol. The van der Waals surface area contributed by atoms with E-state index in [1.807, 2.05) is 0 Å². The van der Waals surface area contributed by atoms with E-state index >= 15 is 0 Å². The molecule has 1 rings (SSSR count). The molecule has 2 N–H and O–H groups in total. The van der Waals surface area contributed by atoms with Gasteiger partial charge >= 0.3 is 0 Å². The first-order valence-electron chi connectivity index (χ1n) is 6.49. The van der Waals surface area contributed by atoms with E-state index in [-0.39, 0.29) is 17.2 Å². The summed E-state index contributed by atoms with van der Waals surface area (Å²) >= 11 is 3.27. The lowest BCUT2D eigenvalue weighted by Gasteiger charge is -2.07. The minimum Gasteiger partial charge on any atom is -0.507 e. The zero-order valence-electron chi connectivity index (χ0n) is 11.1. The smallest absolute Gasteiger partial charge is 0.255 e. The van der Waals surface area contributed by atoms with Crippen LogP contribution in [0.1, 0.15) is 36.5 Å². The Balaban J connectivity index is 2.26. The SMILES string of the molecule is CCCCOCCCNC(=O)c1cc(Br)ccc1O. The van der Waals surface area contributed by atoms with Crippen molar-refractivity contribution in [2.24, 2.45) is 0 Å². The molecule has 0 aromatic heterocycles. The van der Waals surface area contributed by atoms with Crippen molar-refractivity contribution in [1.82, 2.24) is 5.32 Å². The maximum absolute atomic E-state index is 11.8. The van der Waals surface area contributed by atoms with Gasteiger partial charge in [-0.3, -0.25) is 4.79 Å². The van der Waals surface area contributed by atoms with Crippen molar-refractivity contribution < 1.29 is 14.6 Å². The second kappa shape index (κ2) is 8.93. The number of carbonyl (C=O) groups excluding carboxylic acids is 1. The molecular formula is C14H20BrNO3. The summed E-state index contributed by atoms with van der Waals surface area (Å²) in [5.41, 5.74) is 0.279. The quantitative estimate of drug-likeness (QED) is 0.720. The van der Waals surface area contributed by atoms with Crippen LogP contribution in [0.4, 0.5) is 0 Å². The van der Waals surface area contributed by atoms with Crippen LogP contribution in [0.15, 0.2) is 22.7 Å². The molecule has 5 heteroatoms. The molecule has 0 radical (unpaired) electrons. The summed E-state index contributed by atoms with van der Waals surface area (Å²) in [5, 5.41) is 12.4. The van der Waals surface area contributed by atoms with Crippen LogP contribution in [0, 0.1) is 0 Å². The van der Waals surface area contributed by atoms with Gasteiger partial charge in [0.1, 0.15) is 5.75 Å². The molecule has 4 nitrogen and oxygen atoms in total. The molecule has 0 aliphatic carbocycles. The monoisotopic (exact) mass is 329 g/mol. The Kier molecular flexibility index (Phi) is 7.52. The van der Waals surface area contributed by atoms with Crippen LogP contribution in [0.25, 0.3) is 0 Å². The molecular weight excluding hydrogens is 310 g/mol. The van der Waals surface area contributed by atoms with Gasteiger partial charge in [0.25, 0.3) is 5.91 Å². The van der Waals surface area contributed by atoms with Crippen LogP contribution >= 0.6 is 15.9 Å². The molecule has 0 aliphatic heterocycles. The molecule has 1 amide bonds. The third-order valence-corrected chi connectivity index (χ3v) is 3.09. The number of unbranched alkanes of at least 4 members (excludes halogenated alkanes) is 1. The number of phenols is 1. The molecule has 0 saturated heterocycles. The van der Waals surface area contributed by atoms with Gasteiger partial charge in [-0.2, -0.15) is 0 Å². The maximum atomic E-state index is 11.8. The highest BCUT2D eigenvalue weighted by atomic mass is 79.9. The Hall–Kier alpha value is -1.07. The summed E-state index contributed by atoms with van der Waals surface area (Å²) in [6.45, 7) is 4.08. The Bertz CT molecular complexity index is 410. The molecule has 0 bridgehead atoms. The highest BCUT2D eigenvalue weighted by Crippen LogP contribution is 2.21. The summed E-state index contributed by atoms with van der Waals surface area (Å²) in [7, 11) is 0. The molecule has 0 aliphatic rings. The van der Waals surface area contributed by atoms with Crippen molar-refractivity contribution >= 4 is 21.8 Å². The van der Waals surface area contributed by atoms with Gasteiger partial charge < -0.3 is 15.2 Å². The number of carbonyl (C=O) groups is 1. The highest BCUT2D eigenvalue weighted by molar-refractivity contribution is 9.10. The summed E-state index contributed by atoms with van der Waals surface area (Å²) in [6, 6.07) is 4.78. The molecule has 1 aromatic rings. The number of hydrogen-bond acceptors (Lipinski definition) is 3. The number of aromatic hydroxyl groups is 1. The van der Waals surface area contributed by atoms with Crippen molar-refractivity contribution in [3.63, 3.8) is 0 Å². The van der Waals surface area contributed by atoms with Gasteiger partial charge in [0.15, 0.2) is 0 Å². The van der Waals surface area contributed by atoms with E-state index in [4.69, 9.17) is 4.74 Å². The summed E-state index contributed by atoms with van der Waals surface area (Å²) in [6.07, 6.45) is 2.96. The maximum Gasteiger partial charge on any atom is 0.255 e. The number of ether oxygens (including phenoxy) is 1. The van der Waals surface area contributed by atoms with Crippen molar-refractivity contribution in [1.29, 1.82) is 0 Å². The van der Waals surface area contributed by atoms with Gasteiger partial charge in [0, 0.05) is 24.2 Å². The molecule has 19 heavy (non-hydrogen) atoms. The number of nitrogens with one attached hydrogen (secondary N) is 1. The molecule has 0 spiro atoms. The Morgan fingerprint density at radius 1 is 1.37 bits per heavy atom. The molecule has 0 heterocycles. The van der Waals surface area contributed by atoms with Crippen molar-refractivity contribution in [2.75, 3.05) is 19.8 Å². The Labute approximate surface area is 122 Å². The van der Waals surface area contributed by atoms with Crippen LogP contribution in [-0.2, 0) is 4.74 Å². The van der Waals surface area contributed by atoms with E-state index in [9.17, 15) is 9.90 Å². The van der Waals surface area contributed by atoms with Crippen LogP contribution < -0.4 is 5.32 Å². The zero-order valence-corrected chi connectivity index (χ0v) is 12.7. The number of rotatable bonds is 8. The fourth-order valence-corrected chi connectivity index (χ4v) is 1.87. The van der Waals surface area contributed by atoms with Crippen molar-refractivity contribution in [2.45, 2.75) is 26.2 Å². The standard InChI is InChI=1S/C14H20BrNO3/c1-2-3-8-19-9-4-7-16-14(18)12-10-11(15)5-6-13(12)17/h5-6,10,17H,2-4,7-9H2,1H3,(H,16,18). The topological polar surface area (TPSA) is 58.6 Å². The predicted octanol–water partition coefficient (Wildman–Crippen LogP) is 3.09. The largest absolute Gasteiger partial charge is 0.507 e. The fraction of sp³-hybridized carbons (Fsp3) is 0.500. The molecule has 0 atom stereocenters. The Morgan fingerprint density at radius 3 is 2.84 bits per heavy atom. The Morgan fingerprint density at radius 2 is 2.11 bits per heavy atom. The molecule has 0 saturated carbocycles. The lowest BCUT2D eigenvalue weighted by Crippen LogP contribution is -2.25. The average molecular weight is 330 g/mol. The van der Waals surface area contributed by atoms with Crippen molar-refractivity contribution in [3.05, 3.63) is 28.2 Å². The normalized spacial score (nSPS) is 10.4. The van der Waals surface area contributed by atoms with Crippen LogP contribution in [0.5, 0.6) is 5.75 Å². The number of hydrogen-bond donors (Lipinski definition) is 2. The van der Waals surface area contributed by atoms with E-state index in [1.165, 1.54) is 6.07 Å². The first-order valence-corrected chi connectivity index (χ1v) is 7.29. The van der Waals surface area contributed by atoms with E-state index in [0.29, 0.717) is 13.2 Å². The number of benzene rings is 1. The van der Waals surface area contributed by atoms with Gasteiger partial charge in [0.2, 0.25) is 0 Å². The number of halogens is 1. The molecule has 106 valence electrons. The molecule has 0 fully saturated rings. The minimum atomic E-state index is -0.271. The number of amides is 1. The summed E-state index contributed by atoms with van der Waals surface area (Å²) in [4.78, 5) is 11.8. The first kappa shape index (κ1) is 16.0.